The number of piperazine rings is 1. The standard InChI is InChI=1S/C15H18N4O2/c1-10-9-18(11(2)7-17-10)14-3-4-15(19(20)21)13-8-16-6-5-12(13)14/h3-6,8,10-11,17H,7,9H2,1-2H3. The lowest BCUT2D eigenvalue weighted by Gasteiger charge is -2.39. The smallest absolute Gasteiger partial charge is 0.278 e. The second-order valence-corrected chi connectivity index (χ2v) is 5.59. The van der Waals surface area contributed by atoms with Crippen LogP contribution in [0.2, 0.25) is 0 Å². The van der Waals surface area contributed by atoms with E-state index < -0.39 is 0 Å². The van der Waals surface area contributed by atoms with Crippen molar-refractivity contribution < 1.29 is 4.92 Å². The van der Waals surface area contributed by atoms with Gasteiger partial charge in [0.2, 0.25) is 0 Å². The third-order valence-electron chi connectivity index (χ3n) is 4.04. The van der Waals surface area contributed by atoms with Crippen molar-refractivity contribution in [3.8, 4) is 0 Å². The summed E-state index contributed by atoms with van der Waals surface area (Å²) in [7, 11) is 0. The molecular formula is C15H18N4O2. The van der Waals surface area contributed by atoms with E-state index in [1.165, 1.54) is 0 Å². The fourth-order valence-electron chi connectivity index (χ4n) is 2.93. The average Bonchev–Trinajstić information content (AvgIpc) is 2.48. The number of nitro benzene ring substituents is 1. The lowest BCUT2D eigenvalue weighted by Crippen LogP contribution is -2.54. The Hall–Kier alpha value is -2.21. The van der Waals surface area contributed by atoms with Gasteiger partial charge in [-0.2, -0.15) is 0 Å². The van der Waals surface area contributed by atoms with E-state index in [2.05, 4.69) is 29.0 Å². The molecule has 6 nitrogen and oxygen atoms in total. The molecule has 1 N–H and O–H groups in total. The first kappa shape index (κ1) is 13.8. The van der Waals surface area contributed by atoms with Crippen LogP contribution in [0.25, 0.3) is 10.8 Å². The maximum Gasteiger partial charge on any atom is 0.278 e. The van der Waals surface area contributed by atoms with E-state index >= 15 is 0 Å². The lowest BCUT2D eigenvalue weighted by molar-refractivity contribution is -0.383. The summed E-state index contributed by atoms with van der Waals surface area (Å²) in [6.45, 7) is 6.10. The maximum atomic E-state index is 11.2. The quantitative estimate of drug-likeness (QED) is 0.677. The molecule has 2 atom stereocenters. The van der Waals surface area contributed by atoms with Crippen LogP contribution in [0.15, 0.2) is 30.6 Å². The molecule has 21 heavy (non-hydrogen) atoms. The number of pyridine rings is 1. The second kappa shape index (κ2) is 5.29. The number of nitro groups is 1. The molecule has 0 aliphatic carbocycles. The Morgan fingerprint density at radius 2 is 2.14 bits per heavy atom. The Morgan fingerprint density at radius 1 is 1.33 bits per heavy atom. The van der Waals surface area contributed by atoms with Crippen LogP contribution >= 0.6 is 0 Å². The molecule has 0 saturated carbocycles. The summed E-state index contributed by atoms with van der Waals surface area (Å²) in [6, 6.07) is 6.04. The highest BCUT2D eigenvalue weighted by Gasteiger charge is 2.25. The highest BCUT2D eigenvalue weighted by molar-refractivity contribution is 5.99. The van der Waals surface area contributed by atoms with Gasteiger partial charge in [0.05, 0.1) is 10.3 Å². The summed E-state index contributed by atoms with van der Waals surface area (Å²) in [6.07, 6.45) is 3.26. The second-order valence-electron chi connectivity index (χ2n) is 5.59. The Kier molecular flexibility index (Phi) is 3.47. The molecule has 1 aliphatic rings. The number of aromatic nitrogens is 1. The fraction of sp³-hybridized carbons (Fsp3) is 0.400. The number of nitrogens with one attached hydrogen (secondary N) is 1. The van der Waals surface area contributed by atoms with E-state index in [1.54, 1.807) is 18.5 Å². The van der Waals surface area contributed by atoms with Crippen LogP contribution in [0.4, 0.5) is 11.4 Å². The molecule has 1 saturated heterocycles. The monoisotopic (exact) mass is 286 g/mol. The van der Waals surface area contributed by atoms with Crippen molar-refractivity contribution in [1.29, 1.82) is 0 Å². The lowest BCUT2D eigenvalue weighted by atomic mass is 10.0. The van der Waals surface area contributed by atoms with Crippen molar-refractivity contribution in [3.63, 3.8) is 0 Å². The highest BCUT2D eigenvalue weighted by Crippen LogP contribution is 2.34. The van der Waals surface area contributed by atoms with Gasteiger partial charge < -0.3 is 10.2 Å². The van der Waals surface area contributed by atoms with Crippen LogP contribution in [0, 0.1) is 10.1 Å². The Labute approximate surface area is 122 Å². The number of hydrogen-bond acceptors (Lipinski definition) is 5. The molecule has 2 aromatic rings. The average molecular weight is 286 g/mol. The normalized spacial score (nSPS) is 22.5. The van der Waals surface area contributed by atoms with Gasteiger partial charge in [0.25, 0.3) is 5.69 Å². The molecule has 1 aromatic heterocycles. The molecule has 110 valence electrons. The molecule has 1 fully saturated rings. The van der Waals surface area contributed by atoms with Gasteiger partial charge in [0.1, 0.15) is 0 Å². The van der Waals surface area contributed by atoms with Crippen LogP contribution in [0.3, 0.4) is 0 Å². The number of rotatable bonds is 2. The summed E-state index contributed by atoms with van der Waals surface area (Å²) < 4.78 is 0. The molecule has 1 aromatic carbocycles. The van der Waals surface area contributed by atoms with Crippen LogP contribution in [0.1, 0.15) is 13.8 Å². The number of nitrogens with zero attached hydrogens (tertiary/aromatic N) is 3. The van der Waals surface area contributed by atoms with Crippen molar-refractivity contribution in [2.45, 2.75) is 25.9 Å². The predicted octanol–water partition coefficient (Wildman–Crippen LogP) is 2.33. The van der Waals surface area contributed by atoms with Crippen molar-refractivity contribution >= 4 is 22.1 Å². The molecule has 0 radical (unpaired) electrons. The summed E-state index contributed by atoms with van der Waals surface area (Å²) in [4.78, 5) is 17.2. The number of anilines is 1. The van der Waals surface area contributed by atoms with Crippen molar-refractivity contribution in [2.24, 2.45) is 0 Å². The largest absolute Gasteiger partial charge is 0.365 e. The van der Waals surface area contributed by atoms with Crippen molar-refractivity contribution in [3.05, 3.63) is 40.7 Å². The van der Waals surface area contributed by atoms with Gasteiger partial charge in [-0.15, -0.1) is 0 Å². The van der Waals surface area contributed by atoms with Gasteiger partial charge >= 0.3 is 0 Å². The number of non-ortho nitro benzene ring substituents is 1. The van der Waals surface area contributed by atoms with Crippen molar-refractivity contribution in [1.82, 2.24) is 10.3 Å². The minimum Gasteiger partial charge on any atom is -0.365 e. The molecule has 0 bridgehead atoms. The summed E-state index contributed by atoms with van der Waals surface area (Å²) in [5, 5.41) is 16.1. The van der Waals surface area contributed by atoms with Gasteiger partial charge in [-0.05, 0) is 26.0 Å². The highest BCUT2D eigenvalue weighted by atomic mass is 16.6. The molecule has 2 unspecified atom stereocenters. The van der Waals surface area contributed by atoms with Crippen LogP contribution in [-0.4, -0.2) is 35.1 Å². The zero-order valence-electron chi connectivity index (χ0n) is 12.1. The topological polar surface area (TPSA) is 71.3 Å². The molecule has 6 heteroatoms. The number of hydrogen-bond donors (Lipinski definition) is 1. The third kappa shape index (κ3) is 2.42. The van der Waals surface area contributed by atoms with Crippen molar-refractivity contribution in [2.75, 3.05) is 18.0 Å². The third-order valence-corrected chi connectivity index (χ3v) is 4.04. The van der Waals surface area contributed by atoms with Gasteiger partial charge in [-0.3, -0.25) is 15.1 Å². The fourth-order valence-corrected chi connectivity index (χ4v) is 2.93. The summed E-state index contributed by atoms with van der Waals surface area (Å²) in [5.41, 5.74) is 1.15. The first-order valence-electron chi connectivity index (χ1n) is 7.09. The van der Waals surface area contributed by atoms with Gasteiger partial charge in [-0.25, -0.2) is 0 Å². The van der Waals surface area contributed by atoms with E-state index in [-0.39, 0.29) is 10.6 Å². The summed E-state index contributed by atoms with van der Waals surface area (Å²) in [5.74, 6) is 0. The zero-order chi connectivity index (χ0) is 15.0. The van der Waals surface area contributed by atoms with E-state index in [4.69, 9.17) is 0 Å². The number of benzene rings is 1. The first-order chi connectivity index (χ1) is 10.1. The Morgan fingerprint density at radius 3 is 2.90 bits per heavy atom. The van der Waals surface area contributed by atoms with Gasteiger partial charge in [0.15, 0.2) is 0 Å². The Balaban J connectivity index is 2.15. The molecule has 2 heterocycles. The zero-order valence-corrected chi connectivity index (χ0v) is 12.1. The van der Waals surface area contributed by atoms with E-state index in [9.17, 15) is 10.1 Å². The molecule has 3 rings (SSSR count). The molecule has 0 amide bonds. The molecular weight excluding hydrogens is 268 g/mol. The minimum atomic E-state index is -0.350. The first-order valence-corrected chi connectivity index (χ1v) is 7.09. The maximum absolute atomic E-state index is 11.2. The summed E-state index contributed by atoms with van der Waals surface area (Å²) >= 11 is 0. The van der Waals surface area contributed by atoms with E-state index in [1.807, 2.05) is 12.1 Å². The SMILES string of the molecule is CC1CN(c2ccc([N+](=O)[O-])c3cnccc23)C(C)CN1. The molecule has 1 aliphatic heterocycles. The van der Waals surface area contributed by atoms with Gasteiger partial charge in [-0.1, -0.05) is 0 Å². The number of fused-ring (bicyclic) bond motifs is 1. The van der Waals surface area contributed by atoms with E-state index in [0.29, 0.717) is 17.5 Å². The van der Waals surface area contributed by atoms with Gasteiger partial charge in [0, 0.05) is 54.7 Å². The Bertz CT molecular complexity index is 688. The van der Waals surface area contributed by atoms with Crippen LogP contribution < -0.4 is 10.2 Å². The van der Waals surface area contributed by atoms with Crippen LogP contribution in [0.5, 0.6) is 0 Å². The predicted molar refractivity (Wildman–Crippen MR) is 82.7 cm³/mol. The van der Waals surface area contributed by atoms with E-state index in [0.717, 1.165) is 24.2 Å². The molecule has 0 spiro atoms. The minimum absolute atomic E-state index is 0.109. The van der Waals surface area contributed by atoms with Crippen LogP contribution in [-0.2, 0) is 0 Å².